The van der Waals surface area contributed by atoms with E-state index in [2.05, 4.69) is 55.6 Å². The van der Waals surface area contributed by atoms with Crippen LogP contribution in [-0.4, -0.2) is 87.5 Å². The minimum Gasteiger partial charge on any atom is -0.394 e. The predicted molar refractivity (Wildman–Crippen MR) is 272 cm³/mol. The van der Waals surface area contributed by atoms with Gasteiger partial charge < -0.3 is 40.3 Å². The van der Waals surface area contributed by atoms with Gasteiger partial charge >= 0.3 is 0 Å². The first-order valence-corrected chi connectivity index (χ1v) is 27.4. The van der Waals surface area contributed by atoms with Crippen LogP contribution in [0.4, 0.5) is 0 Å². The molecule has 0 radical (unpaired) electrons. The number of hydrogen-bond donors (Lipinski definition) is 6. The van der Waals surface area contributed by atoms with Crippen molar-refractivity contribution < 1.29 is 39.8 Å². The highest BCUT2D eigenvalue weighted by atomic mass is 16.7. The zero-order chi connectivity index (χ0) is 47.3. The Morgan fingerprint density at radius 3 is 1.29 bits per heavy atom. The van der Waals surface area contributed by atoms with E-state index in [0.29, 0.717) is 6.42 Å². The van der Waals surface area contributed by atoms with E-state index in [-0.39, 0.29) is 12.5 Å². The molecule has 0 aromatic heterocycles. The molecular weight excluding hydrogens is 815 g/mol. The van der Waals surface area contributed by atoms with Gasteiger partial charge in [-0.05, 0) is 70.6 Å². The molecule has 9 heteroatoms. The molecular formula is C56H103NO8. The topological polar surface area (TPSA) is 149 Å². The molecule has 9 nitrogen and oxygen atoms in total. The summed E-state index contributed by atoms with van der Waals surface area (Å²) in [5, 5.41) is 54.4. The summed E-state index contributed by atoms with van der Waals surface area (Å²) in [6.45, 7) is 3.77. The first-order chi connectivity index (χ1) is 31.8. The van der Waals surface area contributed by atoms with Crippen LogP contribution in [0.25, 0.3) is 0 Å². The van der Waals surface area contributed by atoms with Crippen LogP contribution < -0.4 is 5.32 Å². The van der Waals surface area contributed by atoms with Gasteiger partial charge in [-0.3, -0.25) is 4.79 Å². The Bertz CT molecular complexity index is 1160. The van der Waals surface area contributed by atoms with E-state index in [1.807, 2.05) is 6.08 Å². The summed E-state index contributed by atoms with van der Waals surface area (Å²) in [5.41, 5.74) is 0. The molecule has 7 unspecified atom stereocenters. The number of rotatable bonds is 46. The molecule has 65 heavy (non-hydrogen) atoms. The van der Waals surface area contributed by atoms with Crippen LogP contribution in [0.3, 0.4) is 0 Å². The van der Waals surface area contributed by atoms with Crippen molar-refractivity contribution in [3.05, 3.63) is 48.6 Å². The van der Waals surface area contributed by atoms with E-state index in [1.165, 1.54) is 180 Å². The number of unbranched alkanes of at least 4 members (excludes halogenated alkanes) is 30. The third kappa shape index (κ3) is 35.9. The molecule has 0 saturated carbocycles. The maximum Gasteiger partial charge on any atom is 0.220 e. The Labute approximate surface area is 399 Å². The van der Waals surface area contributed by atoms with E-state index >= 15 is 0 Å². The van der Waals surface area contributed by atoms with Gasteiger partial charge in [-0.2, -0.15) is 0 Å². The van der Waals surface area contributed by atoms with E-state index in [9.17, 15) is 30.3 Å². The van der Waals surface area contributed by atoms with Gasteiger partial charge in [0, 0.05) is 6.42 Å². The lowest BCUT2D eigenvalue weighted by Gasteiger charge is -2.40. The summed E-state index contributed by atoms with van der Waals surface area (Å²) in [6, 6.07) is -0.830. The van der Waals surface area contributed by atoms with Crippen LogP contribution in [0.15, 0.2) is 48.6 Å². The molecule has 0 bridgehead atoms. The standard InChI is InChI=1S/C56H103NO8/c1-3-5-7-9-11-13-15-17-19-21-23-24-25-26-28-29-31-33-35-37-39-41-43-45-50(59)49(48-64-56-55(63)54(62)53(61)51(47-58)65-56)57-52(60)46-44-42-40-38-36-34-32-30-27-22-20-18-16-14-12-10-8-6-4-2/h18,20,28-29,35,37,43,45,49-51,53-56,58-59,61-63H,3-17,19,21-27,30-34,36,38-42,44,46-48H2,1-2H3,(H,57,60)/b20-18-,29-28+,37-35+,45-43+. The number of hydrogen-bond acceptors (Lipinski definition) is 8. The highest BCUT2D eigenvalue weighted by Crippen LogP contribution is 2.23. The van der Waals surface area contributed by atoms with Crippen LogP contribution in [-0.2, 0) is 14.3 Å². The molecule has 1 rings (SSSR count). The number of aliphatic hydroxyl groups is 5. The van der Waals surface area contributed by atoms with E-state index in [4.69, 9.17) is 9.47 Å². The largest absolute Gasteiger partial charge is 0.394 e. The van der Waals surface area contributed by atoms with Crippen LogP contribution in [0.5, 0.6) is 0 Å². The summed E-state index contributed by atoms with van der Waals surface area (Å²) >= 11 is 0. The zero-order valence-electron chi connectivity index (χ0n) is 42.0. The number of amides is 1. The molecule has 1 amide bonds. The van der Waals surface area contributed by atoms with Gasteiger partial charge in [-0.25, -0.2) is 0 Å². The van der Waals surface area contributed by atoms with E-state index < -0.39 is 49.5 Å². The molecule has 1 saturated heterocycles. The van der Waals surface area contributed by atoms with Gasteiger partial charge in [0.25, 0.3) is 0 Å². The van der Waals surface area contributed by atoms with Crippen molar-refractivity contribution in [3.8, 4) is 0 Å². The molecule has 1 fully saturated rings. The molecule has 0 spiro atoms. The van der Waals surface area contributed by atoms with Gasteiger partial charge in [0.05, 0.1) is 25.4 Å². The highest BCUT2D eigenvalue weighted by Gasteiger charge is 2.44. The summed E-state index contributed by atoms with van der Waals surface area (Å²) in [7, 11) is 0. The fraction of sp³-hybridized carbons (Fsp3) is 0.839. The molecule has 1 aliphatic heterocycles. The third-order valence-electron chi connectivity index (χ3n) is 12.9. The molecule has 7 atom stereocenters. The second-order valence-corrected chi connectivity index (χ2v) is 19.0. The van der Waals surface area contributed by atoms with Gasteiger partial charge in [0.2, 0.25) is 5.91 Å². The molecule has 6 N–H and O–H groups in total. The van der Waals surface area contributed by atoms with E-state index in [0.717, 1.165) is 44.9 Å². The summed E-state index contributed by atoms with van der Waals surface area (Å²) in [5.74, 6) is -0.192. The number of carbonyl (C=O) groups excluding carboxylic acids is 1. The lowest BCUT2D eigenvalue weighted by atomic mass is 9.99. The Balaban J connectivity index is 2.31. The van der Waals surface area contributed by atoms with Crippen molar-refractivity contribution in [1.82, 2.24) is 5.32 Å². The van der Waals surface area contributed by atoms with Crippen LogP contribution >= 0.6 is 0 Å². The maximum absolute atomic E-state index is 13.0. The SMILES string of the molecule is CCCCCCCC/C=C\CCCCCCCCCCCC(=O)NC(COC1OC(CO)C(O)C(O)C1O)C(O)/C=C/CC/C=C/CC/C=C/CCCCCCCCCCCCCCC. The average molecular weight is 918 g/mol. The molecule has 0 aromatic carbocycles. The first kappa shape index (κ1) is 61.2. The molecule has 0 aliphatic carbocycles. The number of ether oxygens (including phenoxy) is 2. The van der Waals surface area contributed by atoms with Gasteiger partial charge in [0.15, 0.2) is 6.29 Å². The molecule has 1 heterocycles. The van der Waals surface area contributed by atoms with Crippen molar-refractivity contribution in [2.45, 2.75) is 288 Å². The Kier molecular flexibility index (Phi) is 43.2. The predicted octanol–water partition coefficient (Wildman–Crippen LogP) is 13.0. The Morgan fingerprint density at radius 1 is 0.508 bits per heavy atom. The normalized spacial score (nSPS) is 20.3. The van der Waals surface area contributed by atoms with Gasteiger partial charge in [-0.1, -0.05) is 217 Å². The second kappa shape index (κ2) is 45.9. The summed E-state index contributed by atoms with van der Waals surface area (Å²) < 4.78 is 11.2. The third-order valence-corrected chi connectivity index (χ3v) is 12.9. The second-order valence-electron chi connectivity index (χ2n) is 19.0. The van der Waals surface area contributed by atoms with Crippen LogP contribution in [0.2, 0.25) is 0 Å². The van der Waals surface area contributed by atoms with Gasteiger partial charge in [0.1, 0.15) is 24.4 Å². The van der Waals surface area contributed by atoms with Crippen molar-refractivity contribution in [3.63, 3.8) is 0 Å². The zero-order valence-corrected chi connectivity index (χ0v) is 42.0. The lowest BCUT2D eigenvalue weighted by Crippen LogP contribution is -2.60. The smallest absolute Gasteiger partial charge is 0.220 e. The van der Waals surface area contributed by atoms with Crippen molar-refractivity contribution in [2.24, 2.45) is 0 Å². The number of carbonyl (C=O) groups is 1. The Hall–Kier alpha value is -1.85. The lowest BCUT2D eigenvalue weighted by molar-refractivity contribution is -0.302. The van der Waals surface area contributed by atoms with Crippen LogP contribution in [0, 0.1) is 0 Å². The maximum atomic E-state index is 13.0. The fourth-order valence-corrected chi connectivity index (χ4v) is 8.48. The average Bonchev–Trinajstić information content (AvgIpc) is 3.31. The molecule has 1 aliphatic rings. The highest BCUT2D eigenvalue weighted by molar-refractivity contribution is 5.76. The number of nitrogens with one attached hydrogen (secondary N) is 1. The van der Waals surface area contributed by atoms with Crippen molar-refractivity contribution >= 4 is 5.91 Å². The quantitative estimate of drug-likeness (QED) is 0.0261. The minimum atomic E-state index is -1.58. The molecule has 0 aromatic rings. The summed E-state index contributed by atoms with van der Waals surface area (Å²) in [4.78, 5) is 13.0. The number of aliphatic hydroxyl groups excluding tert-OH is 5. The van der Waals surface area contributed by atoms with Crippen molar-refractivity contribution in [1.29, 1.82) is 0 Å². The fourth-order valence-electron chi connectivity index (χ4n) is 8.48. The first-order valence-electron chi connectivity index (χ1n) is 27.4. The number of allylic oxidation sites excluding steroid dienone is 7. The van der Waals surface area contributed by atoms with Gasteiger partial charge in [-0.15, -0.1) is 0 Å². The molecule has 380 valence electrons. The van der Waals surface area contributed by atoms with E-state index in [1.54, 1.807) is 6.08 Å². The van der Waals surface area contributed by atoms with Crippen LogP contribution in [0.1, 0.15) is 245 Å². The van der Waals surface area contributed by atoms with Crippen molar-refractivity contribution in [2.75, 3.05) is 13.2 Å². The summed E-state index contributed by atoms with van der Waals surface area (Å²) in [6.07, 6.45) is 53.1. The monoisotopic (exact) mass is 918 g/mol. The minimum absolute atomic E-state index is 0.192. The Morgan fingerprint density at radius 2 is 0.877 bits per heavy atom.